The topological polar surface area (TPSA) is 104 Å². The number of carbonyl (C=O) groups excluding carboxylic acids is 2. The van der Waals surface area contributed by atoms with Gasteiger partial charge in [0.15, 0.2) is 0 Å². The van der Waals surface area contributed by atoms with Crippen LogP contribution in [0.3, 0.4) is 0 Å². The number of nitrogens with one attached hydrogen (secondary N) is 1. The van der Waals surface area contributed by atoms with E-state index in [-0.39, 0.29) is 18.2 Å². The number of carbonyl (C=O) groups is 2. The van der Waals surface area contributed by atoms with Gasteiger partial charge in [0, 0.05) is 12.7 Å². The summed E-state index contributed by atoms with van der Waals surface area (Å²) in [5.41, 5.74) is -4.12. The summed E-state index contributed by atoms with van der Waals surface area (Å²) in [6, 6.07) is 2.99. The number of alkyl halides is 3. The summed E-state index contributed by atoms with van der Waals surface area (Å²) in [7, 11) is -3.08. The molecule has 11 heteroatoms. The molecule has 2 amide bonds. The molecule has 1 unspecified atom stereocenters. The maximum atomic E-state index is 12.6. The summed E-state index contributed by atoms with van der Waals surface area (Å²) in [4.78, 5) is 22.8. The second-order valence-electron chi connectivity index (χ2n) is 5.01. The Morgan fingerprint density at radius 2 is 1.87 bits per heavy atom. The number of benzene rings is 1. The lowest BCUT2D eigenvalue weighted by molar-refractivity contribution is -0.242. The molecular weight excluding hydrogens is 341 g/mol. The maximum absolute atomic E-state index is 12.6. The van der Waals surface area contributed by atoms with Gasteiger partial charge in [0.25, 0.3) is 21.8 Å². The van der Waals surface area contributed by atoms with Crippen LogP contribution in [-0.4, -0.2) is 48.5 Å². The molecule has 0 saturated heterocycles. The zero-order valence-corrected chi connectivity index (χ0v) is 12.6. The number of rotatable bonds is 2. The van der Waals surface area contributed by atoms with Crippen molar-refractivity contribution in [2.75, 3.05) is 12.4 Å². The first-order valence-electron chi connectivity index (χ1n) is 6.08. The summed E-state index contributed by atoms with van der Waals surface area (Å²) >= 11 is 0. The number of fused-ring (bicyclic) bond motifs is 1. The van der Waals surface area contributed by atoms with Crippen molar-refractivity contribution in [1.82, 2.24) is 4.31 Å². The molecule has 0 saturated carbocycles. The minimum absolute atomic E-state index is 0.159. The van der Waals surface area contributed by atoms with Gasteiger partial charge in [0.2, 0.25) is 5.60 Å². The quantitative estimate of drug-likeness (QED) is 0.816. The van der Waals surface area contributed by atoms with Crippen molar-refractivity contribution >= 4 is 27.5 Å². The Hall–Kier alpha value is -2.14. The van der Waals surface area contributed by atoms with Crippen LogP contribution < -0.4 is 5.32 Å². The van der Waals surface area contributed by atoms with Crippen LogP contribution in [0.5, 0.6) is 0 Å². The van der Waals surface area contributed by atoms with Gasteiger partial charge in [-0.25, -0.2) is 12.7 Å². The molecule has 1 aromatic rings. The van der Waals surface area contributed by atoms with E-state index in [2.05, 4.69) is 0 Å². The largest absolute Gasteiger partial charge is 0.426 e. The fourth-order valence-corrected chi connectivity index (χ4v) is 3.12. The Kier molecular flexibility index (Phi) is 3.69. The monoisotopic (exact) mass is 352 g/mol. The Morgan fingerprint density at radius 3 is 2.39 bits per heavy atom. The van der Waals surface area contributed by atoms with E-state index in [1.54, 1.807) is 5.32 Å². The van der Waals surface area contributed by atoms with Gasteiger partial charge in [-0.1, -0.05) is 0 Å². The zero-order chi connectivity index (χ0) is 17.8. The molecule has 23 heavy (non-hydrogen) atoms. The first-order chi connectivity index (χ1) is 10.3. The van der Waals surface area contributed by atoms with Crippen LogP contribution in [0.15, 0.2) is 23.1 Å². The average Bonchev–Trinajstić information content (AvgIpc) is 2.59. The molecule has 0 bridgehead atoms. The van der Waals surface area contributed by atoms with Gasteiger partial charge < -0.3 is 10.4 Å². The molecule has 0 fully saturated rings. The number of anilines is 1. The highest BCUT2D eigenvalue weighted by Crippen LogP contribution is 2.33. The Balaban J connectivity index is 2.38. The molecule has 126 valence electrons. The van der Waals surface area contributed by atoms with Crippen LogP contribution in [0, 0.1) is 0 Å². The van der Waals surface area contributed by atoms with Crippen LogP contribution in [0.4, 0.5) is 18.9 Å². The molecule has 0 aliphatic carbocycles. The third kappa shape index (κ3) is 2.55. The minimum atomic E-state index is -5.21. The van der Waals surface area contributed by atoms with Crippen molar-refractivity contribution in [3.8, 4) is 0 Å². The van der Waals surface area contributed by atoms with Crippen molar-refractivity contribution in [2.24, 2.45) is 0 Å². The second-order valence-corrected chi connectivity index (χ2v) is 6.95. The molecule has 0 aromatic heterocycles. The van der Waals surface area contributed by atoms with Crippen LogP contribution in [0.2, 0.25) is 0 Å². The molecule has 7 nitrogen and oxygen atoms in total. The molecule has 1 atom stereocenters. The number of hydrogen-bond donors (Lipinski definition) is 2. The molecule has 1 heterocycles. The molecule has 2 N–H and O–H groups in total. The second kappa shape index (κ2) is 4.93. The predicted octanol–water partition coefficient (Wildman–Crippen LogP) is 0.713. The van der Waals surface area contributed by atoms with E-state index in [0.29, 0.717) is 4.31 Å². The van der Waals surface area contributed by atoms with Crippen LogP contribution in [-0.2, 0) is 14.8 Å². The van der Waals surface area contributed by atoms with Crippen molar-refractivity contribution in [3.63, 3.8) is 0 Å². The van der Waals surface area contributed by atoms with Gasteiger partial charge in [-0.15, -0.1) is 0 Å². The third-order valence-electron chi connectivity index (χ3n) is 3.39. The number of sulfonamides is 1. The number of halogens is 3. The summed E-state index contributed by atoms with van der Waals surface area (Å²) in [6.45, 7) is 0.268. The van der Waals surface area contributed by atoms with E-state index in [9.17, 15) is 36.3 Å². The predicted molar refractivity (Wildman–Crippen MR) is 71.0 cm³/mol. The van der Waals surface area contributed by atoms with Crippen LogP contribution in [0.1, 0.15) is 17.3 Å². The Morgan fingerprint density at radius 1 is 1.30 bits per heavy atom. The highest BCUT2D eigenvalue weighted by atomic mass is 32.2. The SMILES string of the molecule is CN1C(=O)c2ccc(NC(=O)C(C)(O)C(F)(F)F)cc2S1(=O)=O. The number of hydrogen-bond acceptors (Lipinski definition) is 5. The number of nitrogens with zero attached hydrogens (tertiary/aromatic N) is 1. The van der Waals surface area contributed by atoms with Crippen molar-refractivity contribution in [3.05, 3.63) is 23.8 Å². The van der Waals surface area contributed by atoms with Gasteiger partial charge in [-0.3, -0.25) is 9.59 Å². The normalized spacial score (nSPS) is 19.2. The van der Waals surface area contributed by atoms with E-state index >= 15 is 0 Å². The van der Waals surface area contributed by atoms with Crippen molar-refractivity contribution in [1.29, 1.82) is 0 Å². The number of amides is 2. The van der Waals surface area contributed by atoms with Gasteiger partial charge in [-0.05, 0) is 25.1 Å². The van der Waals surface area contributed by atoms with Crippen LogP contribution >= 0.6 is 0 Å². The maximum Gasteiger partial charge on any atom is 0.426 e. The highest BCUT2D eigenvalue weighted by Gasteiger charge is 2.55. The summed E-state index contributed by atoms with van der Waals surface area (Å²) in [5.74, 6) is -2.57. The Bertz CT molecular complexity index is 801. The van der Waals surface area contributed by atoms with Gasteiger partial charge >= 0.3 is 6.18 Å². The van der Waals surface area contributed by atoms with Crippen molar-refractivity contribution in [2.45, 2.75) is 23.6 Å². The molecule has 1 aromatic carbocycles. The summed E-state index contributed by atoms with van der Waals surface area (Å²) < 4.78 is 62.1. The van der Waals surface area contributed by atoms with Crippen molar-refractivity contribution < 1.29 is 36.3 Å². The lowest BCUT2D eigenvalue weighted by Crippen LogP contribution is -2.52. The lowest BCUT2D eigenvalue weighted by Gasteiger charge is -2.24. The highest BCUT2D eigenvalue weighted by molar-refractivity contribution is 7.90. The molecule has 2 rings (SSSR count). The van der Waals surface area contributed by atoms with E-state index in [1.807, 2.05) is 0 Å². The zero-order valence-electron chi connectivity index (χ0n) is 11.8. The fourth-order valence-electron chi connectivity index (χ4n) is 1.80. The van der Waals surface area contributed by atoms with Gasteiger partial charge in [-0.2, -0.15) is 13.2 Å². The standard InChI is InChI=1S/C12H11F3N2O5S/c1-11(20,12(13,14)15)10(19)16-6-3-4-7-8(5-6)23(21,22)17(2)9(7)18/h3-5,20H,1-2H3,(H,16,19). The van der Waals surface area contributed by atoms with Gasteiger partial charge in [0.05, 0.1) is 5.56 Å². The number of aliphatic hydroxyl groups is 1. The van der Waals surface area contributed by atoms with E-state index in [1.165, 1.54) is 0 Å². The first kappa shape index (κ1) is 17.2. The summed E-state index contributed by atoms with van der Waals surface area (Å²) in [6.07, 6.45) is -5.21. The third-order valence-corrected chi connectivity index (χ3v) is 5.17. The average molecular weight is 352 g/mol. The first-order valence-corrected chi connectivity index (χ1v) is 7.52. The molecule has 1 aliphatic heterocycles. The smallest absolute Gasteiger partial charge is 0.373 e. The summed E-state index contributed by atoms with van der Waals surface area (Å²) in [5, 5.41) is 11.0. The molecule has 0 spiro atoms. The van der Waals surface area contributed by atoms with E-state index < -0.39 is 38.5 Å². The minimum Gasteiger partial charge on any atom is -0.373 e. The van der Waals surface area contributed by atoms with Crippen LogP contribution in [0.25, 0.3) is 0 Å². The van der Waals surface area contributed by atoms with Gasteiger partial charge in [0.1, 0.15) is 4.90 Å². The molecular formula is C12H11F3N2O5S. The molecule has 0 radical (unpaired) electrons. The van der Waals surface area contributed by atoms with E-state index in [0.717, 1.165) is 25.2 Å². The van der Waals surface area contributed by atoms with E-state index in [4.69, 9.17) is 0 Å². The lowest BCUT2D eigenvalue weighted by atomic mass is 10.1. The Labute approximate surface area is 128 Å². The molecule has 1 aliphatic rings. The fraction of sp³-hybridized carbons (Fsp3) is 0.333.